The zero-order chi connectivity index (χ0) is 99.0. The van der Waals surface area contributed by atoms with Gasteiger partial charge in [0.2, 0.25) is 12.0 Å². The van der Waals surface area contributed by atoms with Crippen molar-refractivity contribution in [1.29, 1.82) is 0 Å². The number of hydrogen-bond donors (Lipinski definition) is 7. The molecule has 704 valence electrons. The van der Waals surface area contributed by atoms with Gasteiger partial charge in [0, 0.05) is 111 Å². The Bertz CT molecular complexity index is 5940. The summed E-state index contributed by atoms with van der Waals surface area (Å²) in [7, 11) is 3.27. The lowest BCUT2D eigenvalue weighted by Gasteiger charge is -2.11. The SMILES string of the molecule is BrCC1CC1.CCOC(=O)C(=CN)C(=O)OCC.CCOC(=O)C(=CNC(=O)Nc1ccc(F)cc1)C(=O)OCC.CN(C)C(=O)Cc1cc(Oc2ccc([N+](=O)[O-])cc2F)ccn1.Nc1cc(=O)cc[nH]1.Nc1cc(Oc2ccc([N+](=O)[O-])cc2F)ccn1.O=C(O)c1cn(CC2CC2)c(=O)n(-c2ccc(F)cc2)c1=O.O=C=Nc1ccc(F)cc1.O=[N+]([O-])c1ccc(F)c(F)c1. The highest BCUT2D eigenvalue weighted by molar-refractivity contribution is 9.09. The third-order valence-corrected chi connectivity index (χ3v) is 17.0. The Kier molecular flexibility index (Phi) is 46.2. The number of amides is 3. The second kappa shape index (κ2) is 56.6. The molecule has 0 spiro atoms. The molecule has 0 saturated heterocycles. The number of aromatic carboxylic acids is 1. The van der Waals surface area contributed by atoms with E-state index in [2.05, 4.69) is 56.0 Å². The van der Waals surface area contributed by atoms with Crippen molar-refractivity contribution in [3.05, 3.63) is 326 Å². The number of carbonyl (C=O) groups excluding carboxylic acids is 7. The first-order valence-corrected chi connectivity index (χ1v) is 39.8. The van der Waals surface area contributed by atoms with E-state index in [1.54, 1.807) is 41.8 Å². The molecule has 0 atom stereocenters. The first kappa shape index (κ1) is 109. The highest BCUT2D eigenvalue weighted by Crippen LogP contribution is 2.32. The van der Waals surface area contributed by atoms with E-state index in [1.807, 2.05) is 0 Å². The average Bonchev–Trinajstić information content (AvgIpc) is 1.24. The van der Waals surface area contributed by atoms with Gasteiger partial charge in [0.25, 0.3) is 22.6 Å². The number of halogens is 8. The number of aromatic nitrogens is 5. The molecule has 0 aliphatic heterocycles. The van der Waals surface area contributed by atoms with Crippen molar-refractivity contribution in [2.75, 3.05) is 62.6 Å². The van der Waals surface area contributed by atoms with Crippen LogP contribution in [0, 0.1) is 82.9 Å². The van der Waals surface area contributed by atoms with Gasteiger partial charge >= 0.3 is 41.6 Å². The van der Waals surface area contributed by atoms with Crippen LogP contribution >= 0.6 is 15.9 Å². The summed E-state index contributed by atoms with van der Waals surface area (Å²) in [6.45, 7) is 7.32. The molecule has 2 fully saturated rings. The summed E-state index contributed by atoms with van der Waals surface area (Å²) in [5, 5.41) is 46.0. The van der Waals surface area contributed by atoms with Gasteiger partial charge < -0.3 is 71.2 Å². The van der Waals surface area contributed by atoms with E-state index in [0.717, 1.165) is 84.4 Å². The van der Waals surface area contributed by atoms with E-state index in [4.69, 9.17) is 41.3 Å². The minimum Gasteiger partial charge on any atom is -0.477 e. The fourth-order valence-corrected chi connectivity index (χ4v) is 9.97. The van der Waals surface area contributed by atoms with Crippen LogP contribution < -0.4 is 54.0 Å². The highest BCUT2D eigenvalue weighted by Gasteiger charge is 2.27. The Morgan fingerprint density at radius 3 is 1.46 bits per heavy atom. The monoisotopic (exact) mass is 1920 g/mol. The number of pyridine rings is 3. The molecule has 6 aromatic carbocycles. The van der Waals surface area contributed by atoms with Crippen LogP contribution in [0.1, 0.15) is 69.4 Å². The van der Waals surface area contributed by atoms with Crippen LogP contribution in [0.25, 0.3) is 5.69 Å². The molecule has 2 aliphatic rings. The molecule has 3 amide bonds. The normalized spacial score (nSPS) is 10.8. The number of likely N-dealkylation sites (N-methyl/N-ethyl adjacent to an activating group) is 1. The smallest absolute Gasteiger partial charge is 0.347 e. The molecule has 10 N–H and O–H groups in total. The van der Waals surface area contributed by atoms with E-state index in [9.17, 15) is 114 Å². The van der Waals surface area contributed by atoms with E-state index >= 15 is 0 Å². The molecular formula is C86H85BrF7N15O24. The number of nitrogen functional groups attached to an aromatic ring is 2. The summed E-state index contributed by atoms with van der Waals surface area (Å²) < 4.78 is 121. The Hall–Kier alpha value is -16.6. The molecule has 39 nitrogen and oxygen atoms in total. The second-order valence-electron chi connectivity index (χ2n) is 26.4. The van der Waals surface area contributed by atoms with Crippen LogP contribution in [0.5, 0.6) is 23.0 Å². The molecule has 47 heteroatoms. The maximum Gasteiger partial charge on any atom is 0.347 e. The maximum absolute atomic E-state index is 13.8. The number of nitro benzene ring substituents is 3. The number of carbonyl (C=O) groups is 7. The van der Waals surface area contributed by atoms with Gasteiger partial charge in [-0.25, -0.2) is 78.6 Å². The number of H-pyrrole nitrogens is 1. The number of ether oxygens (including phenoxy) is 6. The number of hydrogen-bond acceptors (Lipinski definition) is 29. The van der Waals surface area contributed by atoms with E-state index in [0.29, 0.717) is 53.2 Å². The molecule has 4 heterocycles. The van der Waals surface area contributed by atoms with Crippen LogP contribution in [-0.4, -0.2) is 143 Å². The van der Waals surface area contributed by atoms with Crippen molar-refractivity contribution in [3.63, 3.8) is 0 Å². The number of aliphatic imine (C=N–C) groups is 1. The third-order valence-electron chi connectivity index (χ3n) is 16.1. The fraction of sp³-hybridized carbons (Fsp3) is 0.221. The van der Waals surface area contributed by atoms with Gasteiger partial charge in [0.15, 0.2) is 51.3 Å². The maximum atomic E-state index is 13.8. The molecular weight excluding hydrogens is 1840 g/mol. The van der Waals surface area contributed by atoms with E-state index in [1.165, 1.54) is 162 Å². The topological polar surface area (TPSA) is 562 Å². The van der Waals surface area contributed by atoms with Gasteiger partial charge in [-0.1, -0.05) is 15.9 Å². The fourth-order valence-electron chi connectivity index (χ4n) is 9.32. The molecule has 0 radical (unpaired) electrons. The number of urea groups is 1. The Labute approximate surface area is 757 Å². The summed E-state index contributed by atoms with van der Waals surface area (Å²) in [4.78, 5) is 169. The van der Waals surface area contributed by atoms with Crippen LogP contribution in [0.4, 0.5) is 75.6 Å². The quantitative estimate of drug-likeness (QED) is 0.00239. The lowest BCUT2D eigenvalue weighted by molar-refractivity contribution is -0.385. The van der Waals surface area contributed by atoms with Gasteiger partial charge in [0.1, 0.15) is 46.1 Å². The van der Waals surface area contributed by atoms with Crippen molar-refractivity contribution < 1.29 is 117 Å². The molecule has 2 saturated carbocycles. The first-order valence-electron chi connectivity index (χ1n) is 38.7. The summed E-state index contributed by atoms with van der Waals surface area (Å²) in [5.41, 5.74) is 13.1. The first-order chi connectivity index (χ1) is 63.2. The van der Waals surface area contributed by atoms with Crippen molar-refractivity contribution >= 4 is 104 Å². The van der Waals surface area contributed by atoms with Crippen LogP contribution in [0.15, 0.2) is 232 Å². The summed E-state index contributed by atoms with van der Waals surface area (Å²) >= 11 is 3.38. The number of carboxylic acid groups (broad SMARTS) is 1. The summed E-state index contributed by atoms with van der Waals surface area (Å²) in [5.74, 6) is -7.79. The number of nitrogens with zero attached hydrogens (tertiary/aromatic N) is 9. The molecule has 0 unspecified atom stereocenters. The number of non-ortho nitro benzene ring substituents is 3. The Morgan fingerprint density at radius 1 is 0.602 bits per heavy atom. The lowest BCUT2D eigenvalue weighted by atomic mass is 10.2. The van der Waals surface area contributed by atoms with Crippen molar-refractivity contribution in [2.24, 2.45) is 22.6 Å². The number of isocyanates is 1. The number of aromatic amines is 1. The lowest BCUT2D eigenvalue weighted by Crippen LogP contribution is -2.41. The number of alkyl halides is 1. The van der Waals surface area contributed by atoms with Gasteiger partial charge in [-0.15, -0.1) is 0 Å². The second-order valence-corrected chi connectivity index (χ2v) is 27.0. The Morgan fingerprint density at radius 2 is 1.06 bits per heavy atom. The number of rotatable bonds is 25. The van der Waals surface area contributed by atoms with Crippen molar-refractivity contribution in [1.82, 2.24) is 34.3 Å². The van der Waals surface area contributed by atoms with Crippen LogP contribution in [0.2, 0.25) is 0 Å². The number of carboxylic acids is 1. The molecule has 4 aromatic heterocycles. The number of nitrogens with two attached hydrogens (primary N) is 3. The van der Waals surface area contributed by atoms with E-state index < -0.39 is 114 Å². The highest BCUT2D eigenvalue weighted by atomic mass is 79.9. The van der Waals surface area contributed by atoms with Crippen molar-refractivity contribution in [3.8, 4) is 28.7 Å². The number of nitrogens with one attached hydrogen (secondary N) is 3. The average molecular weight is 1930 g/mol. The third kappa shape index (κ3) is 40.1. The molecule has 10 aromatic rings. The summed E-state index contributed by atoms with van der Waals surface area (Å²) in [6.07, 6.45) is 13.6. The predicted octanol–water partition coefficient (Wildman–Crippen LogP) is 13.6. The zero-order valence-corrected chi connectivity index (χ0v) is 72.7. The van der Waals surface area contributed by atoms with Gasteiger partial charge in [-0.2, -0.15) is 4.99 Å². The van der Waals surface area contributed by atoms with Gasteiger partial charge in [-0.3, -0.25) is 54.3 Å². The number of benzene rings is 6. The molecule has 2 aliphatic carbocycles. The zero-order valence-electron chi connectivity index (χ0n) is 71.1. The molecule has 133 heavy (non-hydrogen) atoms. The van der Waals surface area contributed by atoms with Gasteiger partial charge in [-0.05, 0) is 168 Å². The largest absolute Gasteiger partial charge is 0.477 e. The number of esters is 4. The number of anilines is 3. The summed E-state index contributed by atoms with van der Waals surface area (Å²) in [6, 6.07) is 31.5. The molecule has 0 bridgehead atoms. The predicted molar refractivity (Wildman–Crippen MR) is 468 cm³/mol. The molecule has 12 rings (SSSR count). The van der Waals surface area contributed by atoms with E-state index in [-0.39, 0.29) is 95.7 Å². The standard InChI is InChI=1S/C15H14FN3O4.C15H17FN2O5.C15H13FN2O4.C11H8FN3O3.C8H13NO4.C7H4FNO.C6H3F2NO2.C5H6N2O.C4H7Br/c1-18(2)15(20)8-10-7-12(5-6-17-10)23-14-4-3-11(19(21)22)9-13(14)16;1-3-22-13(19)12(14(20)23-4-2)9-17-15(21)18-11-7-5-10(16)6-8-11;16-10-3-5-11(6-4-10)18-13(19)12(14(20)21)8-17(15(18)22)7-9-1-2-9;12-9-5-7(15(16)17)1-2-10(9)18-8-3-4-14-11(13)6-8;1-3-12-7(10)6(5-9)8(11)13-4-2;8-6-1-3-7(4-2-6)9-5-10;7-5-2-1-4(9(10)11)3-6(5)8;6-5-3-4(8)1-2-7-5;5-3-4-1-2-4/h3-7,9H,8H2,1-2H3;5-9H,3-4H2,1-2H3,(H2,17,18,21);3-6,8-9H,1-2,7H2,(H,20,21);1-6H,(H2,13,14);5H,3-4,9H2,1-2H3;1-4H;1-3H;1-3H,(H3,6,7,8);4H,1-3H2. The van der Waals surface area contributed by atoms with Crippen LogP contribution in [0.3, 0.4) is 0 Å². The minimum absolute atomic E-state index is 0.0668. The number of nitro groups is 3. The minimum atomic E-state index is -1.40. The van der Waals surface area contributed by atoms with Gasteiger partial charge in [0.05, 0.1) is 82.9 Å². The van der Waals surface area contributed by atoms with Crippen LogP contribution in [-0.2, 0) is 60.7 Å². The van der Waals surface area contributed by atoms with Crippen molar-refractivity contribution in [2.45, 2.75) is 66.3 Å². The Balaban J connectivity index is 0.000000322.